The van der Waals surface area contributed by atoms with Crippen LogP contribution in [0.3, 0.4) is 0 Å². The summed E-state index contributed by atoms with van der Waals surface area (Å²) in [5.74, 6) is -0.321. The van der Waals surface area contributed by atoms with Gasteiger partial charge < -0.3 is 4.55 Å². The summed E-state index contributed by atoms with van der Waals surface area (Å²) in [5.41, 5.74) is 0.307. The van der Waals surface area contributed by atoms with Crippen LogP contribution >= 0.6 is 0 Å². The first-order valence-electron chi connectivity index (χ1n) is 3.12. The molecular formula is C6H9NaO5S. The fourth-order valence-corrected chi connectivity index (χ4v) is 0.737. The minimum atomic E-state index is -4.68. The van der Waals surface area contributed by atoms with Crippen molar-refractivity contribution in [3.63, 3.8) is 0 Å². The minimum absolute atomic E-state index is 0. The quantitative estimate of drug-likeness (QED) is 0.212. The van der Waals surface area contributed by atoms with E-state index in [1.54, 1.807) is 0 Å². The van der Waals surface area contributed by atoms with E-state index in [1.807, 2.05) is 0 Å². The predicted molar refractivity (Wildman–Crippen MR) is 40.1 cm³/mol. The summed E-state index contributed by atoms with van der Waals surface area (Å²) in [7, 11) is -4.68. The maximum atomic E-state index is 10.8. The molecule has 0 fully saturated rings. The van der Waals surface area contributed by atoms with Gasteiger partial charge in [0.05, 0.1) is 6.61 Å². The normalized spacial score (nSPS) is 10.3. The van der Waals surface area contributed by atoms with E-state index in [0.717, 1.165) is 0 Å². The van der Waals surface area contributed by atoms with Crippen molar-refractivity contribution in [3.05, 3.63) is 12.2 Å². The number of hydrogen-bond acceptors (Lipinski definition) is 5. The van der Waals surface area contributed by atoms with Crippen LogP contribution in [0.5, 0.6) is 0 Å². The van der Waals surface area contributed by atoms with Crippen LogP contribution in [-0.4, -0.2) is 25.4 Å². The van der Waals surface area contributed by atoms with E-state index in [1.165, 1.54) is 6.92 Å². The van der Waals surface area contributed by atoms with Crippen molar-refractivity contribution >= 4 is 16.2 Å². The average molecular weight is 216 g/mol. The molecule has 7 heteroatoms. The molecule has 0 bridgehead atoms. The number of Topliss-reactive ketones (excluding diaryl/α,β-unsaturated/α-hetero) is 1. The number of carbonyl (C=O) groups excluding carboxylic acids is 1. The van der Waals surface area contributed by atoms with Crippen LogP contribution in [-0.2, 0) is 19.4 Å². The Balaban J connectivity index is 0. The van der Waals surface area contributed by atoms with E-state index < -0.39 is 17.0 Å². The van der Waals surface area contributed by atoms with Crippen molar-refractivity contribution in [2.45, 2.75) is 13.3 Å². The molecule has 0 amide bonds. The fraction of sp³-hybridized carbons (Fsp3) is 0.500. The predicted octanol–water partition coefficient (Wildman–Crippen LogP) is -3.00. The average Bonchev–Trinajstić information content (AvgIpc) is 1.84. The molecule has 0 N–H and O–H groups in total. The van der Waals surface area contributed by atoms with Crippen molar-refractivity contribution in [1.29, 1.82) is 0 Å². The third-order valence-electron chi connectivity index (χ3n) is 1.03. The molecule has 0 atom stereocenters. The number of ketones is 1. The summed E-state index contributed by atoms with van der Waals surface area (Å²) >= 11 is 0. The number of allylic oxidation sites excluding steroid dienone is 1. The van der Waals surface area contributed by atoms with Gasteiger partial charge in [-0.05, 0) is 12.5 Å². The molecule has 0 spiro atoms. The van der Waals surface area contributed by atoms with E-state index in [2.05, 4.69) is 10.8 Å². The van der Waals surface area contributed by atoms with E-state index in [4.69, 9.17) is 0 Å². The number of hydrogen-bond donors (Lipinski definition) is 0. The Bertz CT molecular complexity index is 281. The first-order valence-corrected chi connectivity index (χ1v) is 4.45. The van der Waals surface area contributed by atoms with Gasteiger partial charge in [0, 0.05) is 6.42 Å². The van der Waals surface area contributed by atoms with E-state index in [-0.39, 0.29) is 41.8 Å². The van der Waals surface area contributed by atoms with Crippen LogP contribution in [0, 0.1) is 0 Å². The number of rotatable bonds is 5. The summed E-state index contributed by atoms with van der Waals surface area (Å²) in [5, 5.41) is 0. The van der Waals surface area contributed by atoms with Crippen LogP contribution in [0.1, 0.15) is 13.3 Å². The molecule has 0 rings (SSSR count). The van der Waals surface area contributed by atoms with E-state index in [0.29, 0.717) is 5.57 Å². The molecule has 0 saturated heterocycles. The molecule has 0 aliphatic rings. The van der Waals surface area contributed by atoms with Gasteiger partial charge in [-0.3, -0.25) is 8.98 Å². The van der Waals surface area contributed by atoms with Crippen molar-refractivity contribution in [1.82, 2.24) is 0 Å². The van der Waals surface area contributed by atoms with Gasteiger partial charge >= 0.3 is 29.6 Å². The molecule has 0 heterocycles. The van der Waals surface area contributed by atoms with Gasteiger partial charge in [-0.2, -0.15) is 0 Å². The Morgan fingerprint density at radius 1 is 1.54 bits per heavy atom. The molecule has 13 heavy (non-hydrogen) atoms. The molecule has 5 nitrogen and oxygen atoms in total. The van der Waals surface area contributed by atoms with Crippen LogP contribution in [0.15, 0.2) is 12.2 Å². The van der Waals surface area contributed by atoms with Crippen molar-refractivity contribution < 1.29 is 51.5 Å². The van der Waals surface area contributed by atoms with Gasteiger partial charge in [-0.25, -0.2) is 8.42 Å². The second-order valence-electron chi connectivity index (χ2n) is 2.18. The molecule has 0 saturated carbocycles. The molecule has 0 aromatic rings. The fourth-order valence-electron chi connectivity index (χ4n) is 0.450. The van der Waals surface area contributed by atoms with Gasteiger partial charge in [-0.15, -0.1) is 0 Å². The molecule has 70 valence electrons. The minimum Gasteiger partial charge on any atom is -0.726 e. The Hall–Kier alpha value is 0.280. The molecule has 0 aliphatic carbocycles. The SMILES string of the molecule is C=C(C)C(=O)CCOS(=O)(=O)[O-].[Na+]. The Morgan fingerprint density at radius 2 is 2.00 bits per heavy atom. The third-order valence-corrected chi connectivity index (χ3v) is 1.49. The van der Waals surface area contributed by atoms with Crippen LogP contribution in [0.4, 0.5) is 0 Å². The van der Waals surface area contributed by atoms with Crippen molar-refractivity contribution in [2.24, 2.45) is 0 Å². The topological polar surface area (TPSA) is 83.5 Å². The molecule has 0 radical (unpaired) electrons. The maximum Gasteiger partial charge on any atom is 1.00 e. The summed E-state index contributed by atoms with van der Waals surface area (Å²) in [6.45, 7) is 4.41. The zero-order valence-electron chi connectivity index (χ0n) is 7.57. The van der Waals surface area contributed by atoms with E-state index >= 15 is 0 Å². The first kappa shape index (κ1) is 15.7. The van der Waals surface area contributed by atoms with Gasteiger partial charge in [0.2, 0.25) is 10.4 Å². The third kappa shape index (κ3) is 10.2. The Labute approximate surface area is 99.4 Å². The molecular weight excluding hydrogens is 207 g/mol. The molecule has 0 unspecified atom stereocenters. The first-order chi connectivity index (χ1) is 5.33. The van der Waals surface area contributed by atoms with Gasteiger partial charge in [0.1, 0.15) is 0 Å². The molecule has 0 aromatic carbocycles. The van der Waals surface area contributed by atoms with E-state index in [9.17, 15) is 17.8 Å². The summed E-state index contributed by atoms with van der Waals surface area (Å²) in [6, 6.07) is 0. The summed E-state index contributed by atoms with van der Waals surface area (Å²) in [4.78, 5) is 10.8. The number of carbonyl (C=O) groups is 1. The van der Waals surface area contributed by atoms with Crippen molar-refractivity contribution in [3.8, 4) is 0 Å². The Kier molecular flexibility index (Phi) is 8.10. The zero-order chi connectivity index (χ0) is 9.78. The van der Waals surface area contributed by atoms with Crippen LogP contribution in [0.25, 0.3) is 0 Å². The van der Waals surface area contributed by atoms with Crippen LogP contribution in [0.2, 0.25) is 0 Å². The second kappa shape index (κ2) is 6.69. The smallest absolute Gasteiger partial charge is 0.726 e. The molecule has 0 aromatic heterocycles. The monoisotopic (exact) mass is 216 g/mol. The van der Waals surface area contributed by atoms with Crippen molar-refractivity contribution in [2.75, 3.05) is 6.61 Å². The van der Waals surface area contributed by atoms with Gasteiger partial charge in [-0.1, -0.05) is 6.58 Å². The summed E-state index contributed by atoms with van der Waals surface area (Å²) < 4.78 is 33.4. The molecule has 0 aliphatic heterocycles. The maximum absolute atomic E-state index is 10.8. The van der Waals surface area contributed by atoms with Crippen LogP contribution < -0.4 is 29.6 Å². The van der Waals surface area contributed by atoms with Gasteiger partial charge in [0.15, 0.2) is 5.78 Å². The largest absolute Gasteiger partial charge is 1.00 e. The standard InChI is InChI=1S/C6H10O5S.Na/c1-5(2)6(7)3-4-11-12(8,9)10;/h1,3-4H2,2H3,(H,8,9,10);/q;+1/p-1. The second-order valence-corrected chi connectivity index (χ2v) is 3.24. The van der Waals surface area contributed by atoms with Gasteiger partial charge in [0.25, 0.3) is 0 Å². The zero-order valence-corrected chi connectivity index (χ0v) is 10.4. The summed E-state index contributed by atoms with van der Waals surface area (Å²) in [6.07, 6.45) is -0.142. The Morgan fingerprint density at radius 3 is 2.31 bits per heavy atom.